The van der Waals surface area contributed by atoms with E-state index in [-0.39, 0.29) is 21.8 Å². The second kappa shape index (κ2) is 10.7. The zero-order valence-electron chi connectivity index (χ0n) is 19.2. The fourth-order valence-electron chi connectivity index (χ4n) is 3.64. The van der Waals surface area contributed by atoms with Gasteiger partial charge in [0.05, 0.1) is 11.1 Å². The highest BCUT2D eigenvalue weighted by atomic mass is 32.2. The Morgan fingerprint density at radius 3 is 2.51 bits per heavy atom. The predicted molar refractivity (Wildman–Crippen MR) is 143 cm³/mol. The molecule has 0 aliphatic carbocycles. The van der Waals surface area contributed by atoms with Crippen molar-refractivity contribution in [2.45, 2.75) is 23.6 Å². The summed E-state index contributed by atoms with van der Waals surface area (Å²) < 4.78 is 1.66. The number of fused-ring (bicyclic) bond motifs is 1. The monoisotopic (exact) mass is 504 g/mol. The van der Waals surface area contributed by atoms with Crippen LogP contribution in [0.25, 0.3) is 10.9 Å². The molecule has 0 aliphatic heterocycles. The first-order chi connectivity index (χ1) is 16.8. The second-order valence-electron chi connectivity index (χ2n) is 7.94. The summed E-state index contributed by atoms with van der Waals surface area (Å²) in [6, 6.07) is 22.6. The molecule has 178 valence electrons. The maximum atomic E-state index is 11.1. The molecule has 0 radical (unpaired) electrons. The summed E-state index contributed by atoms with van der Waals surface area (Å²) in [5, 5.41) is 32.3. The van der Waals surface area contributed by atoms with Gasteiger partial charge in [-0.25, -0.2) is 4.79 Å². The molecule has 0 amide bonds. The lowest BCUT2D eigenvalue weighted by atomic mass is 10.1. The highest BCUT2D eigenvalue weighted by molar-refractivity contribution is 7.99. The summed E-state index contributed by atoms with van der Waals surface area (Å²) in [7, 11) is 1.77. The molecule has 0 saturated carbocycles. The zero-order chi connectivity index (χ0) is 24.9. The Morgan fingerprint density at radius 2 is 1.83 bits per heavy atom. The van der Waals surface area contributed by atoms with E-state index in [1.807, 2.05) is 60.7 Å². The van der Waals surface area contributed by atoms with E-state index in [0.29, 0.717) is 12.2 Å². The lowest BCUT2D eigenvalue weighted by Gasteiger charge is -2.12. The van der Waals surface area contributed by atoms with E-state index in [0.717, 1.165) is 26.9 Å². The second-order valence-corrected chi connectivity index (χ2v) is 9.74. The minimum Gasteiger partial charge on any atom is -0.493 e. The van der Waals surface area contributed by atoms with Crippen molar-refractivity contribution in [3.8, 4) is 5.88 Å². The van der Waals surface area contributed by atoms with Gasteiger partial charge < -0.3 is 20.1 Å². The Hall–Kier alpha value is -3.69. The number of carbonyl (C=O) groups is 1. The van der Waals surface area contributed by atoms with Crippen molar-refractivity contribution in [3.05, 3.63) is 89.5 Å². The number of aromatic nitrogens is 1. The highest BCUT2D eigenvalue weighted by Gasteiger charge is 2.17. The standard InChI is InChI=1S/C26H24N4O3S2/c1-16(18-8-10-19(11-9-18)25(32)33)35-20-12-13-22-21(14-20)23(24(31)30(22)2)28-29-26(34)27-15-17-6-4-3-5-7-17/h3-14,16,31H,15H2,1-2H3,(H,27,34)(H,32,33). The van der Waals surface area contributed by atoms with E-state index < -0.39 is 5.97 Å². The number of aromatic carboxylic acids is 1. The van der Waals surface area contributed by atoms with Crippen LogP contribution in [-0.4, -0.2) is 25.9 Å². The van der Waals surface area contributed by atoms with Gasteiger partial charge in [-0.1, -0.05) is 42.5 Å². The molecular weight excluding hydrogens is 480 g/mol. The van der Waals surface area contributed by atoms with Gasteiger partial charge in [-0.2, -0.15) is 0 Å². The summed E-state index contributed by atoms with van der Waals surface area (Å²) in [4.78, 5) is 12.1. The Labute approximate surface area is 212 Å². The molecule has 1 atom stereocenters. The van der Waals surface area contributed by atoms with Gasteiger partial charge in [-0.15, -0.1) is 22.0 Å². The smallest absolute Gasteiger partial charge is 0.335 e. The molecule has 4 aromatic rings. The maximum Gasteiger partial charge on any atom is 0.335 e. The van der Waals surface area contributed by atoms with Gasteiger partial charge in [0.25, 0.3) is 0 Å². The number of carboxylic acids is 1. The molecule has 0 fully saturated rings. The molecule has 9 heteroatoms. The molecule has 3 aromatic carbocycles. The van der Waals surface area contributed by atoms with Crippen LogP contribution in [0.2, 0.25) is 0 Å². The van der Waals surface area contributed by atoms with E-state index in [9.17, 15) is 9.90 Å². The molecule has 0 spiro atoms. The summed E-state index contributed by atoms with van der Waals surface area (Å²) in [6.45, 7) is 2.59. The van der Waals surface area contributed by atoms with Crippen LogP contribution in [0.15, 0.2) is 87.9 Å². The summed E-state index contributed by atoms with van der Waals surface area (Å²) >= 11 is 6.92. The van der Waals surface area contributed by atoms with Crippen LogP contribution >= 0.6 is 24.0 Å². The van der Waals surface area contributed by atoms with Crippen molar-refractivity contribution in [1.29, 1.82) is 0 Å². The van der Waals surface area contributed by atoms with Gasteiger partial charge in [0.1, 0.15) is 0 Å². The Morgan fingerprint density at radius 1 is 1.11 bits per heavy atom. The van der Waals surface area contributed by atoms with Crippen molar-refractivity contribution in [3.63, 3.8) is 0 Å². The first-order valence-electron chi connectivity index (χ1n) is 10.9. The molecule has 0 bridgehead atoms. The molecule has 0 aliphatic rings. The number of benzene rings is 3. The lowest BCUT2D eigenvalue weighted by Crippen LogP contribution is -2.18. The van der Waals surface area contributed by atoms with Crippen molar-refractivity contribution >= 4 is 51.7 Å². The van der Waals surface area contributed by atoms with Crippen molar-refractivity contribution < 1.29 is 15.0 Å². The average molecular weight is 505 g/mol. The SMILES string of the molecule is CC(Sc1ccc2c(c1)c(N=NC(=S)NCc1ccccc1)c(O)n2C)c1ccc(C(=O)O)cc1. The van der Waals surface area contributed by atoms with Crippen LogP contribution in [0.1, 0.15) is 33.7 Å². The van der Waals surface area contributed by atoms with E-state index in [2.05, 4.69) is 22.5 Å². The number of thiocarbonyl (C=S) groups is 1. The molecule has 3 N–H and O–H groups in total. The third-order valence-electron chi connectivity index (χ3n) is 5.58. The van der Waals surface area contributed by atoms with Crippen LogP contribution in [0.3, 0.4) is 0 Å². The van der Waals surface area contributed by atoms with Crippen molar-refractivity contribution in [2.75, 3.05) is 0 Å². The van der Waals surface area contributed by atoms with E-state index in [4.69, 9.17) is 17.3 Å². The molecule has 0 saturated heterocycles. The summed E-state index contributed by atoms with van der Waals surface area (Å²) in [5.41, 5.74) is 3.53. The molecule has 1 unspecified atom stereocenters. The van der Waals surface area contributed by atoms with Crippen molar-refractivity contribution in [2.24, 2.45) is 17.3 Å². The van der Waals surface area contributed by atoms with Gasteiger partial charge in [0, 0.05) is 29.1 Å². The number of thioether (sulfide) groups is 1. The third kappa shape index (κ3) is 5.70. The number of azo groups is 1. The molecule has 7 nitrogen and oxygen atoms in total. The van der Waals surface area contributed by atoms with Gasteiger partial charge >= 0.3 is 5.97 Å². The van der Waals surface area contributed by atoms with Crippen LogP contribution in [0.5, 0.6) is 5.88 Å². The first kappa shape index (κ1) is 24.4. The summed E-state index contributed by atoms with van der Waals surface area (Å²) in [6.07, 6.45) is 0. The Kier molecular flexibility index (Phi) is 7.48. The molecule has 1 aromatic heterocycles. The number of hydrogen-bond donors (Lipinski definition) is 3. The Bertz CT molecular complexity index is 1400. The minimum atomic E-state index is -0.942. The highest BCUT2D eigenvalue weighted by Crippen LogP contribution is 2.42. The largest absolute Gasteiger partial charge is 0.493 e. The lowest BCUT2D eigenvalue weighted by molar-refractivity contribution is 0.0697. The van der Waals surface area contributed by atoms with Gasteiger partial charge in [0.15, 0.2) is 5.69 Å². The van der Waals surface area contributed by atoms with Crippen LogP contribution in [0.4, 0.5) is 5.69 Å². The third-order valence-corrected chi connectivity index (χ3v) is 6.96. The number of aromatic hydroxyl groups is 1. The number of nitrogens with zero attached hydrogens (tertiary/aromatic N) is 3. The van der Waals surface area contributed by atoms with E-state index in [1.165, 1.54) is 0 Å². The number of hydrogen-bond acceptors (Lipinski definition) is 5. The molecule has 4 rings (SSSR count). The normalized spacial score (nSPS) is 12.2. The van der Waals surface area contributed by atoms with Crippen LogP contribution in [-0.2, 0) is 13.6 Å². The fraction of sp³-hybridized carbons (Fsp3) is 0.154. The molecule has 1 heterocycles. The quantitative estimate of drug-likeness (QED) is 0.149. The number of nitrogens with one attached hydrogen (secondary N) is 1. The predicted octanol–water partition coefficient (Wildman–Crippen LogP) is 6.59. The van der Waals surface area contributed by atoms with Crippen LogP contribution < -0.4 is 5.32 Å². The van der Waals surface area contributed by atoms with Gasteiger partial charge in [-0.3, -0.25) is 0 Å². The zero-order valence-corrected chi connectivity index (χ0v) is 20.8. The Balaban J connectivity index is 1.52. The van der Waals surface area contributed by atoms with Gasteiger partial charge in [-0.05, 0) is 60.6 Å². The summed E-state index contributed by atoms with van der Waals surface area (Å²) in [5.74, 6) is -0.934. The van der Waals surface area contributed by atoms with Crippen molar-refractivity contribution in [1.82, 2.24) is 9.88 Å². The molecular formula is C26H24N4O3S2. The van der Waals surface area contributed by atoms with Crippen LogP contribution in [0, 0.1) is 0 Å². The van der Waals surface area contributed by atoms with E-state index >= 15 is 0 Å². The molecule has 35 heavy (non-hydrogen) atoms. The number of carboxylic acid groups (broad SMARTS) is 1. The first-order valence-corrected chi connectivity index (χ1v) is 12.2. The number of rotatable bonds is 7. The minimum absolute atomic E-state index is 0.00840. The average Bonchev–Trinajstić information content (AvgIpc) is 3.10. The maximum absolute atomic E-state index is 11.1. The fourth-order valence-corrected chi connectivity index (χ4v) is 4.78. The topological polar surface area (TPSA) is 99.2 Å². The number of aryl methyl sites for hydroxylation is 1. The van der Waals surface area contributed by atoms with Gasteiger partial charge in [0.2, 0.25) is 11.0 Å². The van der Waals surface area contributed by atoms with E-state index in [1.54, 1.807) is 35.5 Å².